The lowest BCUT2D eigenvalue weighted by atomic mass is 10.3. The molecule has 0 saturated heterocycles. The molecule has 0 radical (unpaired) electrons. The first-order valence-electron chi connectivity index (χ1n) is 4.24. The zero-order valence-corrected chi connectivity index (χ0v) is 8.81. The Balaban J connectivity index is 2.78. The fourth-order valence-corrected chi connectivity index (χ4v) is 2.10. The van der Waals surface area contributed by atoms with E-state index in [0.717, 1.165) is 0 Å². The minimum absolute atomic E-state index is 0.0598. The summed E-state index contributed by atoms with van der Waals surface area (Å²) in [5, 5.41) is -0.228. The van der Waals surface area contributed by atoms with Gasteiger partial charge in [-0.25, -0.2) is 4.98 Å². The molecule has 8 heteroatoms. The van der Waals surface area contributed by atoms with Gasteiger partial charge in [-0.15, -0.1) is 0 Å². The molecule has 2 rings (SSSR count). The van der Waals surface area contributed by atoms with Crippen LogP contribution in [0.15, 0.2) is 18.2 Å². The molecule has 7 nitrogen and oxygen atoms in total. The Morgan fingerprint density at radius 3 is 2.69 bits per heavy atom. The van der Waals surface area contributed by atoms with Crippen molar-refractivity contribution in [1.29, 1.82) is 0 Å². The molecule has 1 aromatic heterocycles. The second kappa shape index (κ2) is 3.41. The Morgan fingerprint density at radius 1 is 1.44 bits per heavy atom. The van der Waals surface area contributed by atoms with Crippen molar-refractivity contribution >= 4 is 29.8 Å². The minimum atomic E-state index is -4.42. The number of nitrogens with two attached hydrogens (primary N) is 1. The molecular weight excluding hydrogens is 233 g/mol. The number of benzene rings is 1. The maximum absolute atomic E-state index is 11.2. The molecule has 0 unspecified atom stereocenters. The molecule has 0 aliphatic carbocycles. The fourth-order valence-electron chi connectivity index (χ4n) is 1.37. The molecule has 0 bridgehead atoms. The van der Waals surface area contributed by atoms with E-state index in [4.69, 9.17) is 15.5 Å². The van der Waals surface area contributed by atoms with Crippen molar-refractivity contribution in [3.8, 4) is 0 Å². The van der Waals surface area contributed by atoms with E-state index in [-0.39, 0.29) is 16.6 Å². The Kier molecular flexibility index (Phi) is 2.31. The Hall–Kier alpha value is -1.69. The van der Waals surface area contributed by atoms with Crippen LogP contribution in [0.3, 0.4) is 0 Å². The molecule has 5 N–H and O–H groups in total. The van der Waals surface area contributed by atoms with Gasteiger partial charge in [0.1, 0.15) is 5.52 Å². The lowest BCUT2D eigenvalue weighted by Gasteiger charge is -2.03. The average Bonchev–Trinajstić information content (AvgIpc) is 2.58. The first-order valence-corrected chi connectivity index (χ1v) is 5.85. The van der Waals surface area contributed by atoms with Crippen LogP contribution in [0.4, 0.5) is 0 Å². The molecule has 16 heavy (non-hydrogen) atoms. The quantitative estimate of drug-likeness (QED) is 0.525. The van der Waals surface area contributed by atoms with Crippen LogP contribution in [0.1, 0.15) is 10.6 Å². The topological polar surface area (TPSA) is 129 Å². The highest BCUT2D eigenvalue weighted by Gasteiger charge is 2.22. The van der Waals surface area contributed by atoms with Gasteiger partial charge in [0.15, 0.2) is 5.82 Å². The van der Waals surface area contributed by atoms with E-state index in [2.05, 4.69) is 9.97 Å². The third-order valence-electron chi connectivity index (χ3n) is 2.04. The molecule has 84 valence electrons. The van der Waals surface area contributed by atoms with E-state index < -0.39 is 13.5 Å². The summed E-state index contributed by atoms with van der Waals surface area (Å²) in [6.45, 7) is 0. The van der Waals surface area contributed by atoms with Crippen LogP contribution < -0.4 is 11.0 Å². The first-order chi connectivity index (χ1) is 7.39. The molecule has 0 aliphatic heterocycles. The van der Waals surface area contributed by atoms with E-state index in [1.807, 2.05) is 0 Å². The van der Waals surface area contributed by atoms with E-state index in [1.165, 1.54) is 12.1 Å². The number of fused-ring (bicyclic) bond motifs is 1. The number of nitrogens with zero attached hydrogens (tertiary/aromatic N) is 1. The van der Waals surface area contributed by atoms with Gasteiger partial charge in [0, 0.05) is 0 Å². The van der Waals surface area contributed by atoms with Gasteiger partial charge in [-0.05, 0) is 12.1 Å². The summed E-state index contributed by atoms with van der Waals surface area (Å²) >= 11 is 0. The van der Waals surface area contributed by atoms with Gasteiger partial charge in [0.05, 0.1) is 10.8 Å². The Labute approximate surface area is 89.5 Å². The van der Waals surface area contributed by atoms with Gasteiger partial charge in [-0.1, -0.05) is 6.07 Å². The molecule has 1 heterocycles. The van der Waals surface area contributed by atoms with E-state index in [0.29, 0.717) is 5.52 Å². The normalized spacial score (nSPS) is 11.9. The number of primary amides is 1. The van der Waals surface area contributed by atoms with Gasteiger partial charge < -0.3 is 20.5 Å². The molecule has 0 aliphatic rings. The van der Waals surface area contributed by atoms with E-state index in [1.54, 1.807) is 6.07 Å². The van der Waals surface area contributed by atoms with Crippen LogP contribution in [0, 0.1) is 0 Å². The average molecular weight is 241 g/mol. The van der Waals surface area contributed by atoms with Crippen LogP contribution in [0.5, 0.6) is 0 Å². The number of imidazole rings is 1. The summed E-state index contributed by atoms with van der Waals surface area (Å²) in [4.78, 5) is 35.4. The number of hydrogen-bond donors (Lipinski definition) is 4. The Morgan fingerprint density at radius 2 is 2.12 bits per heavy atom. The third-order valence-corrected chi connectivity index (χ3v) is 3.03. The maximum atomic E-state index is 11.2. The largest absolute Gasteiger partial charge is 0.363 e. The van der Waals surface area contributed by atoms with E-state index in [9.17, 15) is 9.36 Å². The summed E-state index contributed by atoms with van der Waals surface area (Å²) in [5.74, 6) is -0.913. The number of para-hydroxylation sites is 1. The van der Waals surface area contributed by atoms with Crippen LogP contribution in [0.2, 0.25) is 0 Å². The zero-order chi connectivity index (χ0) is 11.9. The SMILES string of the molecule is NC(=O)c1nc2c(P(=O)(O)O)cccc2[nH]1. The summed E-state index contributed by atoms with van der Waals surface area (Å²) in [7, 11) is -4.42. The number of nitrogens with one attached hydrogen (secondary N) is 1. The van der Waals surface area contributed by atoms with Crippen molar-refractivity contribution in [2.75, 3.05) is 0 Å². The molecule has 0 atom stereocenters. The van der Waals surface area contributed by atoms with Crippen molar-refractivity contribution in [2.45, 2.75) is 0 Å². The first kappa shape index (κ1) is 10.8. The predicted octanol–water partition coefficient (Wildman–Crippen LogP) is -0.535. The number of amides is 1. The standard InChI is InChI=1S/C8H8N3O4P/c9-7(12)8-10-4-2-1-3-5(6(4)11-8)16(13,14)15/h1-3H,(H2,9,12)(H,10,11)(H2,13,14,15). The summed E-state index contributed by atoms with van der Waals surface area (Å²) < 4.78 is 11.2. The molecule has 1 amide bonds. The van der Waals surface area contributed by atoms with Crippen LogP contribution in [-0.2, 0) is 4.57 Å². The minimum Gasteiger partial charge on any atom is -0.363 e. The number of carbonyl (C=O) groups is 1. The second-order valence-electron chi connectivity index (χ2n) is 3.17. The van der Waals surface area contributed by atoms with Crippen LogP contribution >= 0.6 is 7.60 Å². The molecular formula is C8H8N3O4P. The molecule has 0 fully saturated rings. The number of carbonyl (C=O) groups excluding carboxylic acids is 1. The summed E-state index contributed by atoms with van der Waals surface area (Å²) in [6.07, 6.45) is 0. The summed E-state index contributed by atoms with van der Waals surface area (Å²) in [5.41, 5.74) is 5.43. The fraction of sp³-hybridized carbons (Fsp3) is 0. The lowest BCUT2D eigenvalue weighted by molar-refractivity contribution is 0.0991. The molecule has 1 aromatic carbocycles. The van der Waals surface area contributed by atoms with Crippen molar-refractivity contribution in [2.24, 2.45) is 5.73 Å². The number of hydrogen-bond acceptors (Lipinski definition) is 3. The highest BCUT2D eigenvalue weighted by molar-refractivity contribution is 7.60. The highest BCUT2D eigenvalue weighted by atomic mass is 31.2. The highest BCUT2D eigenvalue weighted by Crippen LogP contribution is 2.35. The molecule has 0 spiro atoms. The van der Waals surface area contributed by atoms with Gasteiger partial charge in [0.2, 0.25) is 0 Å². The molecule has 2 aromatic rings. The van der Waals surface area contributed by atoms with Gasteiger partial charge in [0.25, 0.3) is 5.91 Å². The monoisotopic (exact) mass is 241 g/mol. The van der Waals surface area contributed by atoms with Crippen LogP contribution in [0.25, 0.3) is 11.0 Å². The third kappa shape index (κ3) is 1.71. The van der Waals surface area contributed by atoms with Gasteiger partial charge in [-0.3, -0.25) is 9.36 Å². The summed E-state index contributed by atoms with van der Waals surface area (Å²) in [6, 6.07) is 4.27. The van der Waals surface area contributed by atoms with Gasteiger partial charge in [-0.2, -0.15) is 0 Å². The smallest absolute Gasteiger partial charge is 0.358 e. The number of aromatic amines is 1. The number of rotatable bonds is 2. The van der Waals surface area contributed by atoms with Crippen LogP contribution in [-0.4, -0.2) is 25.7 Å². The lowest BCUT2D eigenvalue weighted by Crippen LogP contribution is -2.13. The van der Waals surface area contributed by atoms with E-state index >= 15 is 0 Å². The Bertz CT molecular complexity index is 615. The zero-order valence-electron chi connectivity index (χ0n) is 7.91. The number of aromatic nitrogens is 2. The van der Waals surface area contributed by atoms with Crippen molar-refractivity contribution in [1.82, 2.24) is 9.97 Å². The number of H-pyrrole nitrogens is 1. The second-order valence-corrected chi connectivity index (χ2v) is 4.74. The maximum Gasteiger partial charge on any atom is 0.358 e. The van der Waals surface area contributed by atoms with Crippen molar-refractivity contribution in [3.05, 3.63) is 24.0 Å². The van der Waals surface area contributed by atoms with Gasteiger partial charge >= 0.3 is 7.60 Å². The van der Waals surface area contributed by atoms with Crippen molar-refractivity contribution < 1.29 is 19.1 Å². The predicted molar refractivity (Wildman–Crippen MR) is 56.3 cm³/mol. The van der Waals surface area contributed by atoms with Crippen molar-refractivity contribution in [3.63, 3.8) is 0 Å². The molecule has 0 saturated carbocycles.